The number of rotatable bonds is 6. The second-order valence-corrected chi connectivity index (χ2v) is 6.48. The van der Waals surface area contributed by atoms with Crippen LogP contribution in [-0.4, -0.2) is 21.9 Å². The molecule has 130 valence electrons. The van der Waals surface area contributed by atoms with Crippen molar-refractivity contribution >= 4 is 40.4 Å². The largest absolute Gasteiger partial charge is 0.492 e. The number of pyridine rings is 1. The fraction of sp³-hybridized carbons (Fsp3) is 0.222. The molecule has 0 aliphatic carbocycles. The van der Waals surface area contributed by atoms with Gasteiger partial charge in [0.2, 0.25) is 5.91 Å². The third kappa shape index (κ3) is 4.65. The van der Waals surface area contributed by atoms with Gasteiger partial charge in [-0.2, -0.15) is 0 Å². The summed E-state index contributed by atoms with van der Waals surface area (Å²) in [6.45, 7) is 2.33. The van der Waals surface area contributed by atoms with E-state index in [1.54, 1.807) is 18.2 Å². The van der Waals surface area contributed by atoms with Crippen LogP contribution in [0.1, 0.15) is 18.5 Å². The number of imidazole rings is 1. The van der Waals surface area contributed by atoms with Crippen LogP contribution in [0.3, 0.4) is 0 Å². The molecule has 3 aromatic rings. The number of benzene rings is 1. The highest BCUT2D eigenvalue weighted by Crippen LogP contribution is 2.27. The molecule has 0 aliphatic heterocycles. The van der Waals surface area contributed by atoms with Crippen LogP contribution in [0, 0.1) is 6.92 Å². The number of hydrogen-bond donors (Lipinski definition) is 1. The molecule has 0 spiro atoms. The molecule has 0 unspecified atom stereocenters. The predicted molar refractivity (Wildman–Crippen MR) is 99.7 cm³/mol. The molecule has 0 saturated heterocycles. The Morgan fingerprint density at radius 1 is 1.24 bits per heavy atom. The zero-order valence-electron chi connectivity index (χ0n) is 13.6. The van der Waals surface area contributed by atoms with Crippen LogP contribution < -0.4 is 10.1 Å². The molecule has 0 atom stereocenters. The summed E-state index contributed by atoms with van der Waals surface area (Å²) in [5.74, 6) is 0.495. The quantitative estimate of drug-likeness (QED) is 0.630. The number of carbonyl (C=O) groups is 1. The highest BCUT2D eigenvalue weighted by atomic mass is 35.5. The van der Waals surface area contributed by atoms with Gasteiger partial charge in [-0.15, -0.1) is 0 Å². The number of nitrogens with one attached hydrogen (secondary N) is 1. The summed E-state index contributed by atoms with van der Waals surface area (Å²) < 4.78 is 7.46. The number of halogens is 2. The minimum Gasteiger partial charge on any atom is -0.492 e. The van der Waals surface area contributed by atoms with E-state index in [2.05, 4.69) is 10.3 Å². The highest BCUT2D eigenvalue weighted by Gasteiger charge is 2.06. The Labute approximate surface area is 155 Å². The Kier molecular flexibility index (Phi) is 5.46. The van der Waals surface area contributed by atoms with E-state index in [9.17, 15) is 4.79 Å². The number of amides is 1. The van der Waals surface area contributed by atoms with Gasteiger partial charge in [-0.05, 0) is 43.7 Å². The Morgan fingerprint density at radius 3 is 2.88 bits per heavy atom. The molecule has 3 rings (SSSR count). The first-order chi connectivity index (χ1) is 12.0. The number of nitrogens with zero attached hydrogens (tertiary/aromatic N) is 2. The summed E-state index contributed by atoms with van der Waals surface area (Å²) in [6.07, 6.45) is 4.69. The number of aryl methyl sites for hydroxylation is 1. The monoisotopic (exact) mass is 377 g/mol. The molecule has 0 saturated carbocycles. The predicted octanol–water partition coefficient (Wildman–Crippen LogP) is 4.75. The summed E-state index contributed by atoms with van der Waals surface area (Å²) in [5, 5.41) is 3.89. The lowest BCUT2D eigenvalue weighted by Gasteiger charge is -2.09. The third-order valence-electron chi connectivity index (χ3n) is 3.55. The first-order valence-corrected chi connectivity index (χ1v) is 8.60. The average Bonchev–Trinajstić information content (AvgIpc) is 2.92. The van der Waals surface area contributed by atoms with Crippen LogP contribution >= 0.6 is 23.2 Å². The van der Waals surface area contributed by atoms with Crippen LogP contribution in [0.4, 0.5) is 5.69 Å². The molecule has 0 radical (unpaired) electrons. The summed E-state index contributed by atoms with van der Waals surface area (Å²) in [4.78, 5) is 16.4. The van der Waals surface area contributed by atoms with E-state index in [0.29, 0.717) is 35.2 Å². The Morgan fingerprint density at radius 2 is 2.08 bits per heavy atom. The second-order valence-electron chi connectivity index (χ2n) is 5.64. The fourth-order valence-electron chi connectivity index (χ4n) is 2.42. The second kappa shape index (κ2) is 7.76. The van der Waals surface area contributed by atoms with Crippen LogP contribution in [-0.2, 0) is 4.79 Å². The van der Waals surface area contributed by atoms with Gasteiger partial charge in [0.15, 0.2) is 0 Å². The van der Waals surface area contributed by atoms with E-state index in [1.165, 1.54) is 0 Å². The summed E-state index contributed by atoms with van der Waals surface area (Å²) in [6, 6.07) is 8.76. The summed E-state index contributed by atoms with van der Waals surface area (Å²) in [7, 11) is 0. The minimum atomic E-state index is -0.0676. The lowest BCUT2D eigenvalue weighted by atomic mass is 10.3. The lowest BCUT2D eigenvalue weighted by Crippen LogP contribution is -2.13. The smallest absolute Gasteiger partial charge is 0.224 e. The molecular weight excluding hydrogens is 361 g/mol. The lowest BCUT2D eigenvalue weighted by molar-refractivity contribution is -0.116. The van der Waals surface area contributed by atoms with E-state index in [-0.39, 0.29) is 5.91 Å². The first kappa shape index (κ1) is 17.6. The van der Waals surface area contributed by atoms with Gasteiger partial charge in [0.1, 0.15) is 11.4 Å². The number of hydrogen-bond acceptors (Lipinski definition) is 3. The topological polar surface area (TPSA) is 55.6 Å². The average molecular weight is 378 g/mol. The summed E-state index contributed by atoms with van der Waals surface area (Å²) in [5.41, 5.74) is 2.52. The van der Waals surface area contributed by atoms with Crippen molar-refractivity contribution in [2.45, 2.75) is 19.8 Å². The Bertz CT molecular complexity index is 908. The zero-order valence-corrected chi connectivity index (χ0v) is 15.1. The molecule has 1 aromatic carbocycles. The number of fused-ring (bicyclic) bond motifs is 1. The molecule has 1 N–H and O–H groups in total. The van der Waals surface area contributed by atoms with Gasteiger partial charge in [0.25, 0.3) is 0 Å². The van der Waals surface area contributed by atoms with Crippen LogP contribution in [0.2, 0.25) is 10.0 Å². The van der Waals surface area contributed by atoms with Gasteiger partial charge in [0, 0.05) is 23.8 Å². The molecule has 2 heterocycles. The van der Waals surface area contributed by atoms with E-state index in [4.69, 9.17) is 27.9 Å². The maximum atomic E-state index is 12.0. The van der Waals surface area contributed by atoms with E-state index in [1.807, 2.05) is 35.9 Å². The Balaban J connectivity index is 1.47. The highest BCUT2D eigenvalue weighted by molar-refractivity contribution is 6.35. The first-order valence-electron chi connectivity index (χ1n) is 7.84. The van der Waals surface area contributed by atoms with Crippen molar-refractivity contribution in [1.29, 1.82) is 0 Å². The molecule has 0 aliphatic rings. The minimum absolute atomic E-state index is 0.0676. The molecular formula is C18H17Cl2N3O2. The number of anilines is 1. The molecule has 5 nitrogen and oxygen atoms in total. The van der Waals surface area contributed by atoms with Crippen molar-refractivity contribution in [3.63, 3.8) is 0 Å². The molecule has 25 heavy (non-hydrogen) atoms. The number of carbonyl (C=O) groups excluding carboxylic acids is 1. The van der Waals surface area contributed by atoms with Crippen molar-refractivity contribution in [2.75, 3.05) is 11.9 Å². The Hall–Kier alpha value is -2.24. The van der Waals surface area contributed by atoms with Crippen molar-refractivity contribution < 1.29 is 9.53 Å². The van der Waals surface area contributed by atoms with Crippen molar-refractivity contribution in [3.8, 4) is 5.75 Å². The fourth-order valence-corrected chi connectivity index (χ4v) is 2.89. The van der Waals surface area contributed by atoms with Gasteiger partial charge >= 0.3 is 0 Å². The molecule has 7 heteroatoms. The molecule has 1 amide bonds. The van der Waals surface area contributed by atoms with E-state index < -0.39 is 0 Å². The van der Waals surface area contributed by atoms with Crippen molar-refractivity contribution in [1.82, 2.24) is 9.38 Å². The SMILES string of the molecule is Cc1cn2cc(NC(=O)CCCOc3ccc(Cl)cc3Cl)ccc2n1. The molecule has 0 fully saturated rings. The van der Waals surface area contributed by atoms with Gasteiger partial charge < -0.3 is 14.5 Å². The van der Waals surface area contributed by atoms with Gasteiger partial charge in [-0.25, -0.2) is 4.98 Å². The van der Waals surface area contributed by atoms with Gasteiger partial charge in [-0.1, -0.05) is 23.2 Å². The van der Waals surface area contributed by atoms with Crippen molar-refractivity contribution in [2.24, 2.45) is 0 Å². The maximum absolute atomic E-state index is 12.0. The van der Waals surface area contributed by atoms with Crippen LogP contribution in [0.15, 0.2) is 42.7 Å². The summed E-state index contributed by atoms with van der Waals surface area (Å²) >= 11 is 11.9. The van der Waals surface area contributed by atoms with E-state index >= 15 is 0 Å². The number of aromatic nitrogens is 2. The van der Waals surface area contributed by atoms with Crippen LogP contribution in [0.5, 0.6) is 5.75 Å². The maximum Gasteiger partial charge on any atom is 0.224 e. The standard InChI is InChI=1S/C18H17Cl2N3O2/c1-12-10-23-11-14(5-7-17(23)21-12)22-18(24)3-2-8-25-16-6-4-13(19)9-15(16)20/h4-7,9-11H,2-3,8H2,1H3,(H,22,24). The van der Waals surface area contributed by atoms with Crippen molar-refractivity contribution in [3.05, 3.63) is 58.5 Å². The van der Waals surface area contributed by atoms with Crippen LogP contribution in [0.25, 0.3) is 5.65 Å². The van der Waals surface area contributed by atoms with E-state index in [0.717, 1.165) is 17.0 Å². The number of ether oxygens (including phenoxy) is 1. The van der Waals surface area contributed by atoms with Gasteiger partial charge in [0.05, 0.1) is 23.0 Å². The normalized spacial score (nSPS) is 10.8. The van der Waals surface area contributed by atoms with Gasteiger partial charge in [-0.3, -0.25) is 4.79 Å². The molecule has 0 bridgehead atoms. The third-order valence-corrected chi connectivity index (χ3v) is 4.09. The molecule has 2 aromatic heterocycles. The zero-order chi connectivity index (χ0) is 17.8.